The van der Waals surface area contributed by atoms with Crippen molar-refractivity contribution in [3.8, 4) is 0 Å². The third-order valence-electron chi connectivity index (χ3n) is 1.76. The first kappa shape index (κ1) is 11.0. The lowest BCUT2D eigenvalue weighted by Crippen LogP contribution is -2.31. The van der Waals surface area contributed by atoms with Gasteiger partial charge in [0.2, 0.25) is 0 Å². The fourth-order valence-corrected chi connectivity index (χ4v) is 1.75. The minimum Gasteiger partial charge on any atom is -0.465 e. The molecule has 0 aromatic carbocycles. The first-order valence-electron chi connectivity index (χ1n) is 4.23. The molecule has 0 aliphatic rings. The van der Waals surface area contributed by atoms with Gasteiger partial charge in [0.1, 0.15) is 0 Å². The molecule has 0 spiro atoms. The summed E-state index contributed by atoms with van der Waals surface area (Å²) in [5, 5.41) is 10.8. The van der Waals surface area contributed by atoms with Crippen LogP contribution in [0.15, 0.2) is 17.5 Å². The monoisotopic (exact) mass is 215 g/mol. The fourth-order valence-electron chi connectivity index (χ4n) is 1.03. The Kier molecular flexibility index (Phi) is 4.42. The summed E-state index contributed by atoms with van der Waals surface area (Å²) in [4.78, 5) is 13.2. The molecule has 1 N–H and O–H groups in total. The minimum atomic E-state index is -0.907. The van der Waals surface area contributed by atoms with E-state index in [1.165, 1.54) is 4.90 Å². The number of nitrogens with zero attached hydrogens (tertiary/aromatic N) is 1. The van der Waals surface area contributed by atoms with Gasteiger partial charge in [-0.1, -0.05) is 6.07 Å². The molecule has 14 heavy (non-hydrogen) atoms. The molecule has 5 heteroatoms. The van der Waals surface area contributed by atoms with Crippen molar-refractivity contribution in [2.24, 2.45) is 0 Å². The van der Waals surface area contributed by atoms with Gasteiger partial charge in [-0.25, -0.2) is 4.79 Å². The van der Waals surface area contributed by atoms with Crippen molar-refractivity contribution in [1.82, 2.24) is 4.90 Å². The molecule has 78 valence electrons. The van der Waals surface area contributed by atoms with Gasteiger partial charge in [0.05, 0.1) is 13.2 Å². The van der Waals surface area contributed by atoms with Gasteiger partial charge in [0, 0.05) is 18.5 Å². The van der Waals surface area contributed by atoms with E-state index in [1.807, 2.05) is 17.5 Å². The van der Waals surface area contributed by atoms with Crippen molar-refractivity contribution >= 4 is 17.4 Å². The molecule has 1 aromatic rings. The average molecular weight is 215 g/mol. The zero-order valence-corrected chi connectivity index (χ0v) is 8.79. The van der Waals surface area contributed by atoms with E-state index >= 15 is 0 Å². The summed E-state index contributed by atoms with van der Waals surface area (Å²) in [5.41, 5.74) is 0. The Balaban J connectivity index is 2.47. The molecule has 0 saturated carbocycles. The summed E-state index contributed by atoms with van der Waals surface area (Å²) in [7, 11) is 1.56. The smallest absolute Gasteiger partial charge is 0.407 e. The van der Waals surface area contributed by atoms with E-state index in [2.05, 4.69) is 0 Å². The van der Waals surface area contributed by atoms with Crippen LogP contribution in [-0.2, 0) is 11.3 Å². The summed E-state index contributed by atoms with van der Waals surface area (Å²) in [5.74, 6) is 0. The zero-order valence-electron chi connectivity index (χ0n) is 7.97. The molecule has 0 saturated heterocycles. The molecule has 0 radical (unpaired) electrons. The van der Waals surface area contributed by atoms with Gasteiger partial charge in [-0.05, 0) is 11.4 Å². The predicted octanol–water partition coefficient (Wildman–Crippen LogP) is 1.87. The lowest BCUT2D eigenvalue weighted by molar-refractivity contribution is 0.116. The topological polar surface area (TPSA) is 49.8 Å². The molecule has 0 aliphatic heterocycles. The maximum atomic E-state index is 10.8. The highest BCUT2D eigenvalue weighted by Crippen LogP contribution is 2.11. The molecule has 1 rings (SSSR count). The van der Waals surface area contributed by atoms with E-state index in [1.54, 1.807) is 18.4 Å². The molecular weight excluding hydrogens is 202 g/mol. The number of methoxy groups -OCH3 is 1. The number of hydrogen-bond acceptors (Lipinski definition) is 3. The lowest BCUT2D eigenvalue weighted by Gasteiger charge is -2.17. The molecule has 1 amide bonds. The largest absolute Gasteiger partial charge is 0.465 e. The van der Waals surface area contributed by atoms with Crippen molar-refractivity contribution in [2.45, 2.75) is 6.54 Å². The summed E-state index contributed by atoms with van der Waals surface area (Å²) in [6.07, 6.45) is -0.907. The van der Waals surface area contributed by atoms with Gasteiger partial charge < -0.3 is 14.7 Å². The van der Waals surface area contributed by atoms with Crippen LogP contribution in [0.1, 0.15) is 4.88 Å². The van der Waals surface area contributed by atoms with Gasteiger partial charge >= 0.3 is 6.09 Å². The number of carboxylic acid groups (broad SMARTS) is 1. The quantitative estimate of drug-likeness (QED) is 0.815. The highest BCUT2D eigenvalue weighted by atomic mass is 32.1. The Morgan fingerprint density at radius 2 is 2.50 bits per heavy atom. The number of thiophene rings is 1. The Labute approximate surface area is 86.7 Å². The summed E-state index contributed by atoms with van der Waals surface area (Å²) >= 11 is 1.56. The van der Waals surface area contributed by atoms with E-state index in [4.69, 9.17) is 9.84 Å². The second-order valence-electron chi connectivity index (χ2n) is 2.78. The maximum absolute atomic E-state index is 10.8. The second-order valence-corrected chi connectivity index (χ2v) is 3.81. The Morgan fingerprint density at radius 3 is 3.00 bits per heavy atom. The molecule has 0 unspecified atom stereocenters. The van der Waals surface area contributed by atoms with Crippen LogP contribution in [0.3, 0.4) is 0 Å². The SMILES string of the molecule is COCCN(Cc1cccs1)C(=O)O. The van der Waals surface area contributed by atoms with Crippen molar-refractivity contribution in [2.75, 3.05) is 20.3 Å². The van der Waals surface area contributed by atoms with Gasteiger partial charge in [-0.15, -0.1) is 11.3 Å². The Morgan fingerprint density at radius 1 is 1.71 bits per heavy atom. The van der Waals surface area contributed by atoms with Gasteiger partial charge in [-0.3, -0.25) is 0 Å². The standard InChI is InChI=1S/C9H13NO3S/c1-13-5-4-10(9(11)12)7-8-3-2-6-14-8/h2-3,6H,4-5,7H2,1H3,(H,11,12). The van der Waals surface area contributed by atoms with Gasteiger partial charge in [0.15, 0.2) is 0 Å². The Bertz CT molecular complexity index is 274. The maximum Gasteiger partial charge on any atom is 0.407 e. The number of hydrogen-bond donors (Lipinski definition) is 1. The predicted molar refractivity (Wildman–Crippen MR) is 54.6 cm³/mol. The van der Waals surface area contributed by atoms with Crippen molar-refractivity contribution in [3.63, 3.8) is 0 Å². The summed E-state index contributed by atoms with van der Waals surface area (Å²) < 4.78 is 4.84. The normalized spacial score (nSPS) is 10.1. The van der Waals surface area contributed by atoms with Crippen LogP contribution in [0.2, 0.25) is 0 Å². The van der Waals surface area contributed by atoms with E-state index in [0.717, 1.165) is 4.88 Å². The van der Waals surface area contributed by atoms with Crippen LogP contribution in [0, 0.1) is 0 Å². The molecule has 1 aromatic heterocycles. The first-order valence-corrected chi connectivity index (χ1v) is 5.11. The molecule has 0 atom stereocenters. The number of ether oxygens (including phenoxy) is 1. The molecule has 0 bridgehead atoms. The third kappa shape index (κ3) is 3.35. The average Bonchev–Trinajstić information content (AvgIpc) is 2.64. The van der Waals surface area contributed by atoms with Crippen LogP contribution in [-0.4, -0.2) is 36.4 Å². The van der Waals surface area contributed by atoms with Crippen molar-refractivity contribution in [1.29, 1.82) is 0 Å². The van der Waals surface area contributed by atoms with E-state index in [-0.39, 0.29) is 0 Å². The van der Waals surface area contributed by atoms with Crippen molar-refractivity contribution in [3.05, 3.63) is 22.4 Å². The fraction of sp³-hybridized carbons (Fsp3) is 0.444. The summed E-state index contributed by atoms with van der Waals surface area (Å²) in [6.45, 7) is 1.28. The highest BCUT2D eigenvalue weighted by Gasteiger charge is 2.11. The van der Waals surface area contributed by atoms with Gasteiger partial charge in [0.25, 0.3) is 0 Å². The minimum absolute atomic E-state index is 0.406. The van der Waals surface area contributed by atoms with Crippen LogP contribution < -0.4 is 0 Å². The third-order valence-corrected chi connectivity index (χ3v) is 2.62. The lowest BCUT2D eigenvalue weighted by atomic mass is 10.4. The first-order chi connectivity index (χ1) is 6.74. The summed E-state index contributed by atoms with van der Waals surface area (Å²) in [6, 6.07) is 3.84. The molecule has 0 aliphatic carbocycles. The number of rotatable bonds is 5. The van der Waals surface area contributed by atoms with E-state index < -0.39 is 6.09 Å². The molecule has 0 fully saturated rings. The van der Waals surface area contributed by atoms with Crippen molar-refractivity contribution < 1.29 is 14.6 Å². The van der Waals surface area contributed by atoms with Crippen LogP contribution in [0.25, 0.3) is 0 Å². The van der Waals surface area contributed by atoms with E-state index in [9.17, 15) is 4.79 Å². The van der Waals surface area contributed by atoms with Crippen LogP contribution in [0.5, 0.6) is 0 Å². The van der Waals surface area contributed by atoms with Crippen LogP contribution in [0.4, 0.5) is 4.79 Å². The Hall–Kier alpha value is -1.07. The van der Waals surface area contributed by atoms with Crippen LogP contribution >= 0.6 is 11.3 Å². The van der Waals surface area contributed by atoms with E-state index in [0.29, 0.717) is 19.7 Å². The number of amides is 1. The zero-order chi connectivity index (χ0) is 10.4. The number of carbonyl (C=O) groups is 1. The molecule has 4 nitrogen and oxygen atoms in total. The second kappa shape index (κ2) is 5.62. The van der Waals surface area contributed by atoms with Gasteiger partial charge in [-0.2, -0.15) is 0 Å². The molecular formula is C9H13NO3S. The highest BCUT2D eigenvalue weighted by molar-refractivity contribution is 7.09. The molecule has 1 heterocycles.